The molecule has 0 aliphatic carbocycles. The van der Waals surface area contributed by atoms with Gasteiger partial charge in [0, 0.05) is 19.5 Å². The van der Waals surface area contributed by atoms with Crippen LogP contribution in [-0.4, -0.2) is 44.0 Å². The lowest BCUT2D eigenvalue weighted by atomic mass is 10.1. The van der Waals surface area contributed by atoms with E-state index in [1.54, 1.807) is 20.0 Å². The normalized spacial score (nSPS) is 11.8. The molecule has 0 aliphatic rings. The fraction of sp³-hybridized carbons (Fsp3) is 0.529. The Morgan fingerprint density at radius 3 is 2.52 bits per heavy atom. The summed E-state index contributed by atoms with van der Waals surface area (Å²) in [6, 6.07) is 4.46. The maximum atomic E-state index is 12.3. The van der Waals surface area contributed by atoms with E-state index >= 15 is 0 Å². The number of likely N-dealkylation sites (N-methyl/N-ethyl adjacent to an activating group) is 1. The minimum atomic E-state index is -2.95. The Balaban J connectivity index is 2.65. The number of hydrogen-bond donors (Lipinski definition) is 1. The van der Waals surface area contributed by atoms with E-state index in [9.17, 15) is 18.4 Å². The van der Waals surface area contributed by atoms with E-state index in [-0.39, 0.29) is 42.3 Å². The molecule has 6 nitrogen and oxygen atoms in total. The molecular weight excluding hydrogens is 334 g/mol. The van der Waals surface area contributed by atoms with E-state index in [4.69, 9.17) is 4.74 Å². The van der Waals surface area contributed by atoms with E-state index in [0.717, 1.165) is 0 Å². The molecule has 140 valence electrons. The first-order valence-corrected chi connectivity index (χ1v) is 7.91. The van der Waals surface area contributed by atoms with E-state index in [0.29, 0.717) is 12.0 Å². The lowest BCUT2D eigenvalue weighted by Crippen LogP contribution is -2.39. The molecule has 0 aliphatic heterocycles. The van der Waals surface area contributed by atoms with E-state index in [2.05, 4.69) is 10.1 Å². The predicted octanol–water partition coefficient (Wildman–Crippen LogP) is 2.42. The van der Waals surface area contributed by atoms with Gasteiger partial charge in [0.25, 0.3) is 0 Å². The first-order chi connectivity index (χ1) is 11.8. The van der Waals surface area contributed by atoms with Gasteiger partial charge in [-0.15, -0.1) is 0 Å². The minimum Gasteiger partial charge on any atom is -0.493 e. The quantitative estimate of drug-likeness (QED) is 0.736. The first kappa shape index (κ1) is 20.7. The molecule has 1 N–H and O–H groups in total. The molecule has 2 amide bonds. The Bertz CT molecular complexity index is 596. The number of ether oxygens (including phenoxy) is 2. The number of methoxy groups -OCH3 is 1. The molecule has 1 atom stereocenters. The van der Waals surface area contributed by atoms with E-state index < -0.39 is 6.61 Å². The van der Waals surface area contributed by atoms with E-state index in [1.807, 2.05) is 6.92 Å². The van der Waals surface area contributed by atoms with Crippen molar-refractivity contribution in [3.8, 4) is 11.5 Å². The largest absolute Gasteiger partial charge is 0.493 e. The van der Waals surface area contributed by atoms with Crippen molar-refractivity contribution in [2.75, 3.05) is 20.7 Å². The number of alkyl halides is 2. The smallest absolute Gasteiger partial charge is 0.387 e. The van der Waals surface area contributed by atoms with Crippen molar-refractivity contribution in [2.24, 2.45) is 5.92 Å². The molecule has 0 saturated heterocycles. The summed E-state index contributed by atoms with van der Waals surface area (Å²) in [5.74, 6) is -0.493. The van der Waals surface area contributed by atoms with Gasteiger partial charge in [0.15, 0.2) is 11.5 Å². The Kier molecular flexibility index (Phi) is 8.10. The molecule has 0 radical (unpaired) electrons. The van der Waals surface area contributed by atoms with Crippen LogP contribution in [0.15, 0.2) is 18.2 Å². The van der Waals surface area contributed by atoms with Crippen molar-refractivity contribution in [1.29, 1.82) is 0 Å². The second kappa shape index (κ2) is 9.80. The van der Waals surface area contributed by atoms with Crippen molar-refractivity contribution in [2.45, 2.75) is 33.4 Å². The predicted molar refractivity (Wildman–Crippen MR) is 88.6 cm³/mol. The van der Waals surface area contributed by atoms with Crippen molar-refractivity contribution < 1.29 is 27.8 Å². The molecule has 0 fully saturated rings. The summed E-state index contributed by atoms with van der Waals surface area (Å²) in [4.78, 5) is 25.2. The number of carbonyl (C=O) groups is 2. The van der Waals surface area contributed by atoms with Crippen LogP contribution in [0, 0.1) is 5.92 Å². The number of benzene rings is 1. The number of nitrogens with one attached hydrogen (secondary N) is 1. The average molecular weight is 358 g/mol. The zero-order chi connectivity index (χ0) is 19.0. The third kappa shape index (κ3) is 6.56. The standard InChI is InChI=1S/C17H24F2N2O4/c1-5-11(2)16(23)20-9-15(22)21(3)10-12-6-7-13(25-17(18)19)14(8-12)24-4/h6-8,11,17H,5,9-10H2,1-4H3,(H,20,23). The van der Waals surface area contributed by atoms with Crippen LogP contribution in [0.2, 0.25) is 0 Å². The molecule has 1 aromatic carbocycles. The molecule has 1 rings (SSSR count). The maximum absolute atomic E-state index is 12.3. The number of hydrogen-bond acceptors (Lipinski definition) is 4. The van der Waals surface area contributed by atoms with Gasteiger partial charge in [0.05, 0.1) is 13.7 Å². The van der Waals surface area contributed by atoms with Crippen LogP contribution in [0.1, 0.15) is 25.8 Å². The topological polar surface area (TPSA) is 67.9 Å². The lowest BCUT2D eigenvalue weighted by Gasteiger charge is -2.19. The van der Waals surface area contributed by atoms with Crippen molar-refractivity contribution in [3.63, 3.8) is 0 Å². The van der Waals surface area contributed by atoms with Gasteiger partial charge in [0.1, 0.15) is 0 Å². The van der Waals surface area contributed by atoms with Crippen molar-refractivity contribution >= 4 is 11.8 Å². The van der Waals surface area contributed by atoms with Crippen molar-refractivity contribution in [3.05, 3.63) is 23.8 Å². The molecule has 0 bridgehead atoms. The van der Waals surface area contributed by atoms with Gasteiger partial charge in [-0.3, -0.25) is 9.59 Å². The van der Waals surface area contributed by atoms with Gasteiger partial charge >= 0.3 is 6.61 Å². The highest BCUT2D eigenvalue weighted by atomic mass is 19.3. The zero-order valence-electron chi connectivity index (χ0n) is 14.8. The molecule has 0 heterocycles. The number of halogens is 2. The van der Waals surface area contributed by atoms with Gasteiger partial charge in [-0.2, -0.15) is 8.78 Å². The van der Waals surface area contributed by atoms with Gasteiger partial charge < -0.3 is 19.7 Å². The van der Waals surface area contributed by atoms with Crippen LogP contribution >= 0.6 is 0 Å². The van der Waals surface area contributed by atoms with Gasteiger partial charge in [-0.1, -0.05) is 19.9 Å². The number of nitrogens with zero attached hydrogens (tertiary/aromatic N) is 1. The molecule has 8 heteroatoms. The molecule has 25 heavy (non-hydrogen) atoms. The van der Waals surface area contributed by atoms with Gasteiger partial charge in [0.2, 0.25) is 11.8 Å². The Morgan fingerprint density at radius 2 is 1.96 bits per heavy atom. The summed E-state index contributed by atoms with van der Waals surface area (Å²) in [5.41, 5.74) is 0.683. The first-order valence-electron chi connectivity index (χ1n) is 7.91. The van der Waals surface area contributed by atoms with Crippen LogP contribution in [0.5, 0.6) is 11.5 Å². The van der Waals surface area contributed by atoms with E-state index in [1.165, 1.54) is 24.1 Å². The van der Waals surface area contributed by atoms with Gasteiger partial charge in [-0.05, 0) is 24.1 Å². The summed E-state index contributed by atoms with van der Waals surface area (Å²) in [6.07, 6.45) is 0.697. The third-order valence-corrected chi connectivity index (χ3v) is 3.76. The Hall–Kier alpha value is -2.38. The molecule has 1 unspecified atom stereocenters. The van der Waals surface area contributed by atoms with Crippen LogP contribution in [0.4, 0.5) is 8.78 Å². The average Bonchev–Trinajstić information content (AvgIpc) is 2.59. The maximum Gasteiger partial charge on any atom is 0.387 e. The molecule has 0 spiro atoms. The Labute approximate surface area is 146 Å². The summed E-state index contributed by atoms with van der Waals surface area (Å²) in [5, 5.41) is 2.59. The van der Waals surface area contributed by atoms with Crippen LogP contribution in [0.3, 0.4) is 0 Å². The highest BCUT2D eigenvalue weighted by Gasteiger charge is 2.16. The van der Waals surface area contributed by atoms with Crippen LogP contribution in [-0.2, 0) is 16.1 Å². The third-order valence-electron chi connectivity index (χ3n) is 3.76. The molecule has 0 saturated carbocycles. The summed E-state index contributed by atoms with van der Waals surface area (Å²) < 4.78 is 34.0. The zero-order valence-corrected chi connectivity index (χ0v) is 14.8. The minimum absolute atomic E-state index is 0.0731. The van der Waals surface area contributed by atoms with Crippen LogP contribution in [0.25, 0.3) is 0 Å². The highest BCUT2D eigenvalue weighted by molar-refractivity contribution is 5.85. The second-order valence-corrected chi connectivity index (χ2v) is 5.64. The Morgan fingerprint density at radius 1 is 1.28 bits per heavy atom. The molecule has 1 aromatic rings. The summed E-state index contributed by atoms with van der Waals surface area (Å²) in [7, 11) is 2.94. The SMILES string of the molecule is CCC(C)C(=O)NCC(=O)N(C)Cc1ccc(OC(F)F)c(OC)c1. The second-order valence-electron chi connectivity index (χ2n) is 5.64. The van der Waals surface area contributed by atoms with Crippen LogP contribution < -0.4 is 14.8 Å². The molecular formula is C17H24F2N2O4. The number of amides is 2. The number of carbonyl (C=O) groups excluding carboxylic acids is 2. The number of rotatable bonds is 9. The van der Waals surface area contributed by atoms with Gasteiger partial charge in [-0.25, -0.2) is 0 Å². The summed E-state index contributed by atoms with van der Waals surface area (Å²) in [6.45, 7) is 0.886. The van der Waals surface area contributed by atoms with Crippen molar-refractivity contribution in [1.82, 2.24) is 10.2 Å². The lowest BCUT2D eigenvalue weighted by molar-refractivity contribution is -0.133. The fourth-order valence-electron chi connectivity index (χ4n) is 2.02. The molecule has 0 aromatic heterocycles. The highest BCUT2D eigenvalue weighted by Crippen LogP contribution is 2.29. The fourth-order valence-corrected chi connectivity index (χ4v) is 2.02. The monoisotopic (exact) mass is 358 g/mol. The summed E-state index contributed by atoms with van der Waals surface area (Å²) >= 11 is 0.